The summed E-state index contributed by atoms with van der Waals surface area (Å²) < 4.78 is 10.5. The summed E-state index contributed by atoms with van der Waals surface area (Å²) in [4.78, 5) is 0. The van der Waals surface area contributed by atoms with Crippen LogP contribution in [0.3, 0.4) is 0 Å². The Hall–Kier alpha value is -2.10. The van der Waals surface area contributed by atoms with E-state index in [1.165, 1.54) is 0 Å². The molecule has 0 atom stereocenters. The first kappa shape index (κ1) is 12.0. The fourth-order valence-corrected chi connectivity index (χ4v) is 1.14. The summed E-state index contributed by atoms with van der Waals surface area (Å²) in [5, 5.41) is 9.05. The Morgan fingerprint density at radius 2 is 1.50 bits per heavy atom. The molecule has 0 radical (unpaired) electrons. The summed E-state index contributed by atoms with van der Waals surface area (Å²) in [6.07, 6.45) is 10.2. The van der Waals surface area contributed by atoms with Crippen molar-refractivity contribution in [3.8, 4) is 36.2 Å². The normalized spacial score (nSPS) is 8.94. The zero-order valence-electron chi connectivity index (χ0n) is 8.77. The minimum atomic E-state index is -0.0976. The number of aliphatic hydroxyl groups excluding tert-OH is 1. The van der Waals surface area contributed by atoms with Crippen LogP contribution in [0.25, 0.3) is 0 Å². The highest BCUT2D eigenvalue weighted by atomic mass is 16.5. The Kier molecular flexibility index (Phi) is 4.79. The van der Waals surface area contributed by atoms with Gasteiger partial charge >= 0.3 is 0 Å². The van der Waals surface area contributed by atoms with Gasteiger partial charge in [-0.25, -0.2) is 0 Å². The van der Waals surface area contributed by atoms with E-state index in [9.17, 15) is 0 Å². The lowest BCUT2D eigenvalue weighted by Gasteiger charge is -2.08. The van der Waals surface area contributed by atoms with Crippen molar-refractivity contribution in [3.05, 3.63) is 23.8 Å². The number of terminal acetylenes is 2. The van der Waals surface area contributed by atoms with E-state index < -0.39 is 0 Å². The van der Waals surface area contributed by atoms with Gasteiger partial charge in [0.1, 0.15) is 24.7 Å². The van der Waals surface area contributed by atoms with E-state index in [1.54, 1.807) is 18.2 Å². The maximum absolute atomic E-state index is 9.05. The van der Waals surface area contributed by atoms with Gasteiger partial charge in [0, 0.05) is 6.07 Å². The van der Waals surface area contributed by atoms with E-state index in [0.717, 1.165) is 0 Å². The smallest absolute Gasteiger partial charge is 0.148 e. The highest BCUT2D eigenvalue weighted by molar-refractivity contribution is 5.38. The van der Waals surface area contributed by atoms with E-state index in [-0.39, 0.29) is 19.8 Å². The van der Waals surface area contributed by atoms with Gasteiger partial charge in [-0.05, 0) is 17.7 Å². The van der Waals surface area contributed by atoms with E-state index in [2.05, 4.69) is 11.8 Å². The van der Waals surface area contributed by atoms with Gasteiger partial charge in [0.25, 0.3) is 0 Å². The molecule has 0 aliphatic rings. The Bertz CT molecular complexity index is 388. The van der Waals surface area contributed by atoms with Crippen LogP contribution in [0.5, 0.6) is 11.5 Å². The van der Waals surface area contributed by atoms with Gasteiger partial charge in [-0.2, -0.15) is 0 Å². The molecule has 16 heavy (non-hydrogen) atoms. The number of rotatable bonds is 5. The number of hydrogen-bond acceptors (Lipinski definition) is 3. The van der Waals surface area contributed by atoms with Gasteiger partial charge in [0.15, 0.2) is 0 Å². The molecule has 0 bridgehead atoms. The molecular formula is C13H12O3. The zero-order valence-corrected chi connectivity index (χ0v) is 8.77. The van der Waals surface area contributed by atoms with Gasteiger partial charge in [-0.15, -0.1) is 12.8 Å². The van der Waals surface area contributed by atoms with E-state index in [1.807, 2.05) is 0 Å². The van der Waals surface area contributed by atoms with E-state index >= 15 is 0 Å². The minimum Gasteiger partial charge on any atom is -0.481 e. The molecule has 0 saturated carbocycles. The molecule has 82 valence electrons. The average molecular weight is 216 g/mol. The number of hydrogen-bond donors (Lipinski definition) is 1. The third-order valence-corrected chi connectivity index (χ3v) is 1.77. The van der Waals surface area contributed by atoms with Crippen LogP contribution < -0.4 is 9.47 Å². The molecule has 0 spiro atoms. The van der Waals surface area contributed by atoms with Crippen LogP contribution >= 0.6 is 0 Å². The molecule has 1 rings (SSSR count). The van der Waals surface area contributed by atoms with Crippen molar-refractivity contribution < 1.29 is 14.6 Å². The molecule has 0 aromatic heterocycles. The Balaban J connectivity index is 2.84. The predicted molar refractivity (Wildman–Crippen MR) is 61.0 cm³/mol. The summed E-state index contributed by atoms with van der Waals surface area (Å²) in [5.41, 5.74) is 0.682. The fourth-order valence-electron chi connectivity index (χ4n) is 1.14. The summed E-state index contributed by atoms with van der Waals surface area (Å²) in [5.74, 6) is 5.82. The second kappa shape index (κ2) is 6.40. The first-order chi connectivity index (χ1) is 7.80. The van der Waals surface area contributed by atoms with Crippen LogP contribution in [-0.2, 0) is 6.61 Å². The van der Waals surface area contributed by atoms with Gasteiger partial charge < -0.3 is 14.6 Å². The molecule has 3 nitrogen and oxygen atoms in total. The van der Waals surface area contributed by atoms with Crippen molar-refractivity contribution in [1.82, 2.24) is 0 Å². The fraction of sp³-hybridized carbons (Fsp3) is 0.231. The van der Waals surface area contributed by atoms with Gasteiger partial charge in [0.2, 0.25) is 0 Å². The Labute approximate surface area is 95.0 Å². The third kappa shape index (κ3) is 3.57. The van der Waals surface area contributed by atoms with Crippen LogP contribution in [0.2, 0.25) is 0 Å². The van der Waals surface area contributed by atoms with Crippen molar-refractivity contribution in [2.24, 2.45) is 0 Å². The number of benzene rings is 1. The monoisotopic (exact) mass is 216 g/mol. The lowest BCUT2D eigenvalue weighted by Crippen LogP contribution is -1.98. The molecule has 0 aliphatic carbocycles. The SMILES string of the molecule is C#CCOc1cc(CO)cc(OCC#C)c1. The molecule has 0 amide bonds. The van der Waals surface area contributed by atoms with Gasteiger partial charge in [-0.3, -0.25) is 0 Å². The molecule has 0 aliphatic heterocycles. The Morgan fingerprint density at radius 3 is 1.88 bits per heavy atom. The van der Waals surface area contributed by atoms with Crippen LogP contribution in [0.15, 0.2) is 18.2 Å². The van der Waals surface area contributed by atoms with Gasteiger partial charge in [0.05, 0.1) is 6.61 Å². The molecule has 1 N–H and O–H groups in total. The van der Waals surface area contributed by atoms with Crippen molar-refractivity contribution >= 4 is 0 Å². The van der Waals surface area contributed by atoms with E-state index in [4.69, 9.17) is 27.4 Å². The minimum absolute atomic E-state index is 0.0976. The molecule has 3 heteroatoms. The number of ether oxygens (including phenoxy) is 2. The second-order valence-electron chi connectivity index (χ2n) is 2.96. The molecule has 0 heterocycles. The molecule has 0 fully saturated rings. The van der Waals surface area contributed by atoms with Crippen molar-refractivity contribution in [1.29, 1.82) is 0 Å². The quantitative estimate of drug-likeness (QED) is 0.752. The molecule has 0 saturated heterocycles. The number of aliphatic hydroxyl groups is 1. The summed E-state index contributed by atoms with van der Waals surface area (Å²) in [7, 11) is 0. The molecule has 1 aromatic carbocycles. The van der Waals surface area contributed by atoms with Crippen LogP contribution in [0.4, 0.5) is 0 Å². The topological polar surface area (TPSA) is 38.7 Å². The highest BCUT2D eigenvalue weighted by Crippen LogP contribution is 2.23. The van der Waals surface area contributed by atoms with Gasteiger partial charge in [-0.1, -0.05) is 11.8 Å². The molecule has 1 aromatic rings. The zero-order chi connectivity index (χ0) is 11.8. The molecular weight excluding hydrogens is 204 g/mol. The van der Waals surface area contributed by atoms with Crippen LogP contribution in [0.1, 0.15) is 5.56 Å². The maximum atomic E-state index is 9.05. The van der Waals surface area contributed by atoms with Crippen molar-refractivity contribution in [2.75, 3.05) is 13.2 Å². The highest BCUT2D eigenvalue weighted by Gasteiger charge is 2.02. The van der Waals surface area contributed by atoms with Crippen molar-refractivity contribution in [3.63, 3.8) is 0 Å². The average Bonchev–Trinajstić information content (AvgIpc) is 2.33. The Morgan fingerprint density at radius 1 is 1.00 bits per heavy atom. The van der Waals surface area contributed by atoms with Crippen LogP contribution in [0, 0.1) is 24.7 Å². The largest absolute Gasteiger partial charge is 0.481 e. The lowest BCUT2D eigenvalue weighted by molar-refractivity contribution is 0.279. The van der Waals surface area contributed by atoms with Crippen LogP contribution in [-0.4, -0.2) is 18.3 Å². The summed E-state index contributed by atoms with van der Waals surface area (Å²) >= 11 is 0. The molecule has 0 unspecified atom stereocenters. The lowest BCUT2D eigenvalue weighted by atomic mass is 10.2. The van der Waals surface area contributed by atoms with Crippen molar-refractivity contribution in [2.45, 2.75) is 6.61 Å². The van der Waals surface area contributed by atoms with E-state index in [0.29, 0.717) is 17.1 Å². The first-order valence-electron chi connectivity index (χ1n) is 4.67. The predicted octanol–water partition coefficient (Wildman–Crippen LogP) is 1.20. The summed E-state index contributed by atoms with van der Waals surface area (Å²) in [6, 6.07) is 5.06. The third-order valence-electron chi connectivity index (χ3n) is 1.77. The maximum Gasteiger partial charge on any atom is 0.148 e. The summed E-state index contributed by atoms with van der Waals surface area (Å²) in [6.45, 7) is 0.243. The second-order valence-corrected chi connectivity index (χ2v) is 2.96. The standard InChI is InChI=1S/C13H12O3/c1-3-5-15-12-7-11(10-14)8-13(9-12)16-6-4-2/h1-2,7-9,14H,5-6,10H2. The first-order valence-corrected chi connectivity index (χ1v) is 4.67.